The van der Waals surface area contributed by atoms with E-state index in [4.69, 9.17) is 16.3 Å². The summed E-state index contributed by atoms with van der Waals surface area (Å²) in [6, 6.07) is 3.95. The van der Waals surface area contributed by atoms with E-state index >= 15 is 0 Å². The topological polar surface area (TPSA) is 26.3 Å². The molecule has 1 aromatic rings. The van der Waals surface area contributed by atoms with Gasteiger partial charge in [-0.2, -0.15) is 0 Å². The molecule has 0 N–H and O–H groups in total. The monoisotopic (exact) mass is 240 g/mol. The van der Waals surface area contributed by atoms with Crippen LogP contribution in [0.2, 0.25) is 5.02 Å². The third-order valence-corrected chi connectivity index (χ3v) is 3.03. The maximum atomic E-state index is 10.5. The number of rotatable bonds is 5. The summed E-state index contributed by atoms with van der Waals surface area (Å²) in [7, 11) is 1.62. The van der Waals surface area contributed by atoms with Gasteiger partial charge in [-0.15, -0.1) is 0 Å². The maximum absolute atomic E-state index is 10.5. The lowest BCUT2D eigenvalue weighted by molar-refractivity contribution is -0.108. The number of halogens is 1. The number of hydrogen-bond acceptors (Lipinski definition) is 2. The highest BCUT2D eigenvalue weighted by Crippen LogP contribution is 2.33. The van der Waals surface area contributed by atoms with Crippen LogP contribution >= 0.6 is 11.6 Å². The Morgan fingerprint density at radius 2 is 2.19 bits per heavy atom. The summed E-state index contributed by atoms with van der Waals surface area (Å²) in [5.74, 6) is 0.942. The second-order valence-electron chi connectivity index (χ2n) is 3.85. The first-order chi connectivity index (χ1) is 7.63. The van der Waals surface area contributed by atoms with E-state index in [1.807, 2.05) is 13.0 Å². The van der Waals surface area contributed by atoms with E-state index in [1.165, 1.54) is 0 Å². The molecule has 3 heteroatoms. The average Bonchev–Trinajstić information content (AvgIpc) is 2.28. The zero-order chi connectivity index (χ0) is 12.1. The number of aldehydes is 1. The van der Waals surface area contributed by atoms with Crippen molar-refractivity contribution in [2.45, 2.75) is 32.6 Å². The van der Waals surface area contributed by atoms with Gasteiger partial charge in [-0.3, -0.25) is 0 Å². The lowest BCUT2D eigenvalue weighted by Gasteiger charge is -2.14. The Morgan fingerprint density at radius 3 is 2.69 bits per heavy atom. The number of carbonyl (C=O) groups excluding carboxylic acids is 1. The van der Waals surface area contributed by atoms with Crippen molar-refractivity contribution in [1.82, 2.24) is 0 Å². The molecule has 2 nitrogen and oxygen atoms in total. The molecule has 0 saturated heterocycles. The molecule has 1 unspecified atom stereocenters. The highest BCUT2D eigenvalue weighted by molar-refractivity contribution is 6.32. The fourth-order valence-corrected chi connectivity index (χ4v) is 2.05. The largest absolute Gasteiger partial charge is 0.495 e. The first kappa shape index (κ1) is 13.0. The maximum Gasteiger partial charge on any atom is 0.140 e. The molecule has 0 aliphatic carbocycles. The lowest BCUT2D eigenvalue weighted by Crippen LogP contribution is -1.99. The first-order valence-corrected chi connectivity index (χ1v) is 5.81. The standard InChI is InChI=1S/C13H17ClO2/c1-4-10-7-11(9(2)5-6-15)8-12(14)13(10)16-3/h6-9H,4-5H2,1-3H3. The molecule has 0 spiro atoms. The minimum Gasteiger partial charge on any atom is -0.495 e. The molecule has 0 radical (unpaired) electrons. The molecule has 0 heterocycles. The number of carbonyl (C=O) groups is 1. The molecule has 1 rings (SSSR count). The smallest absolute Gasteiger partial charge is 0.140 e. The highest BCUT2D eigenvalue weighted by atomic mass is 35.5. The van der Waals surface area contributed by atoms with Crippen LogP contribution in [0.4, 0.5) is 0 Å². The summed E-state index contributed by atoms with van der Waals surface area (Å²) < 4.78 is 5.26. The van der Waals surface area contributed by atoms with Crippen LogP contribution in [0.25, 0.3) is 0 Å². The number of ether oxygens (including phenoxy) is 1. The van der Waals surface area contributed by atoms with Gasteiger partial charge in [0.2, 0.25) is 0 Å². The third-order valence-electron chi connectivity index (χ3n) is 2.75. The van der Waals surface area contributed by atoms with Gasteiger partial charge in [0.25, 0.3) is 0 Å². The Balaban J connectivity index is 3.14. The van der Waals surface area contributed by atoms with E-state index in [0.717, 1.165) is 29.6 Å². The summed E-state index contributed by atoms with van der Waals surface area (Å²) >= 11 is 6.14. The number of aryl methyl sites for hydroxylation is 1. The van der Waals surface area contributed by atoms with Gasteiger partial charge < -0.3 is 9.53 Å². The average molecular weight is 241 g/mol. The van der Waals surface area contributed by atoms with E-state index in [1.54, 1.807) is 7.11 Å². The SMILES string of the molecule is CCc1cc(C(C)CC=O)cc(Cl)c1OC. The van der Waals surface area contributed by atoms with Crippen molar-refractivity contribution in [3.8, 4) is 5.75 Å². The van der Waals surface area contributed by atoms with Gasteiger partial charge in [0.15, 0.2) is 0 Å². The molecular formula is C13H17ClO2. The zero-order valence-electron chi connectivity index (χ0n) is 9.92. The summed E-state index contributed by atoms with van der Waals surface area (Å²) in [6.45, 7) is 4.08. The fraction of sp³-hybridized carbons (Fsp3) is 0.462. The molecule has 88 valence electrons. The van der Waals surface area contributed by atoms with E-state index < -0.39 is 0 Å². The van der Waals surface area contributed by atoms with Gasteiger partial charge in [0.1, 0.15) is 12.0 Å². The van der Waals surface area contributed by atoms with E-state index in [2.05, 4.69) is 13.0 Å². The summed E-state index contributed by atoms with van der Waals surface area (Å²) in [4.78, 5) is 10.5. The molecule has 0 amide bonds. The van der Waals surface area contributed by atoms with Gasteiger partial charge in [-0.25, -0.2) is 0 Å². The first-order valence-electron chi connectivity index (χ1n) is 5.43. The van der Waals surface area contributed by atoms with E-state index in [9.17, 15) is 4.79 Å². The summed E-state index contributed by atoms with van der Waals surface area (Å²) in [6.07, 6.45) is 2.32. The molecule has 0 aromatic heterocycles. The van der Waals surface area contributed by atoms with E-state index in [0.29, 0.717) is 11.4 Å². The lowest BCUT2D eigenvalue weighted by atomic mass is 9.95. The zero-order valence-corrected chi connectivity index (χ0v) is 10.7. The van der Waals surface area contributed by atoms with Crippen molar-refractivity contribution in [3.63, 3.8) is 0 Å². The minimum atomic E-state index is 0.200. The van der Waals surface area contributed by atoms with Crippen LogP contribution in [0.5, 0.6) is 5.75 Å². The number of benzene rings is 1. The predicted molar refractivity (Wildman–Crippen MR) is 66.5 cm³/mol. The van der Waals surface area contributed by atoms with Crippen LogP contribution in [0.15, 0.2) is 12.1 Å². The van der Waals surface area contributed by atoms with Crippen LogP contribution in [0, 0.1) is 0 Å². The van der Waals surface area contributed by atoms with Crippen molar-refractivity contribution in [1.29, 1.82) is 0 Å². The van der Waals surface area contributed by atoms with Crippen LogP contribution in [0.1, 0.15) is 37.3 Å². The molecule has 1 atom stereocenters. The van der Waals surface area contributed by atoms with Crippen LogP contribution in [-0.4, -0.2) is 13.4 Å². The molecule has 0 aliphatic rings. The third kappa shape index (κ3) is 2.76. The van der Waals surface area contributed by atoms with Gasteiger partial charge in [0.05, 0.1) is 12.1 Å². The van der Waals surface area contributed by atoms with Gasteiger partial charge >= 0.3 is 0 Å². The van der Waals surface area contributed by atoms with Crippen molar-refractivity contribution >= 4 is 17.9 Å². The molecule has 0 aliphatic heterocycles. The Hall–Kier alpha value is -1.02. The summed E-state index contributed by atoms with van der Waals surface area (Å²) in [5, 5.41) is 0.620. The Morgan fingerprint density at radius 1 is 1.50 bits per heavy atom. The van der Waals surface area contributed by atoms with E-state index in [-0.39, 0.29) is 5.92 Å². The van der Waals surface area contributed by atoms with Gasteiger partial charge in [0, 0.05) is 6.42 Å². The molecule has 1 aromatic carbocycles. The molecule has 0 fully saturated rings. The minimum absolute atomic E-state index is 0.200. The number of methoxy groups -OCH3 is 1. The Labute approximate surface area is 102 Å². The normalized spacial score (nSPS) is 12.2. The highest BCUT2D eigenvalue weighted by Gasteiger charge is 2.12. The Kier molecular flexibility index (Phi) is 4.81. The van der Waals surface area contributed by atoms with Crippen molar-refractivity contribution < 1.29 is 9.53 Å². The predicted octanol–water partition coefficient (Wildman–Crippen LogP) is 3.60. The van der Waals surface area contributed by atoms with Crippen molar-refractivity contribution in [2.75, 3.05) is 7.11 Å². The van der Waals surface area contributed by atoms with Gasteiger partial charge in [-0.1, -0.05) is 31.5 Å². The second kappa shape index (κ2) is 5.90. The molecule has 0 bridgehead atoms. The fourth-order valence-electron chi connectivity index (χ4n) is 1.73. The molecule has 0 saturated carbocycles. The quantitative estimate of drug-likeness (QED) is 0.735. The Bertz CT molecular complexity index is 374. The number of hydrogen-bond donors (Lipinski definition) is 0. The second-order valence-corrected chi connectivity index (χ2v) is 4.26. The molecular weight excluding hydrogens is 224 g/mol. The van der Waals surface area contributed by atoms with Gasteiger partial charge in [-0.05, 0) is 29.5 Å². The van der Waals surface area contributed by atoms with Crippen molar-refractivity contribution in [2.24, 2.45) is 0 Å². The van der Waals surface area contributed by atoms with Crippen LogP contribution < -0.4 is 4.74 Å². The van der Waals surface area contributed by atoms with Crippen molar-refractivity contribution in [3.05, 3.63) is 28.3 Å². The summed E-state index contributed by atoms with van der Waals surface area (Å²) in [5.41, 5.74) is 2.18. The molecule has 16 heavy (non-hydrogen) atoms. The van der Waals surface area contributed by atoms with Crippen LogP contribution in [-0.2, 0) is 11.2 Å². The van der Waals surface area contributed by atoms with Crippen LogP contribution in [0.3, 0.4) is 0 Å².